The number of pyridine rings is 3. The van der Waals surface area contributed by atoms with Crippen LogP contribution in [0.3, 0.4) is 0 Å². The maximum atomic E-state index is 14.0. The molecule has 0 aromatic carbocycles. The summed E-state index contributed by atoms with van der Waals surface area (Å²) < 4.78 is 165. The molecule has 9 N–H and O–H groups in total. The van der Waals surface area contributed by atoms with Gasteiger partial charge in [-0.25, -0.2) is 43.1 Å². The zero-order valence-corrected chi connectivity index (χ0v) is 44.7. The fraction of sp³-hybridized carbons (Fsp3) is 0.556. The number of anilines is 3. The highest BCUT2D eigenvalue weighted by Crippen LogP contribution is 2.70. The second-order valence-corrected chi connectivity index (χ2v) is 24.3. The number of rotatable bonds is 12. The zero-order chi connectivity index (χ0) is 59.3. The Bertz CT molecular complexity index is 3010. The molecule has 1 unspecified atom stereocenters. The van der Waals surface area contributed by atoms with Crippen molar-refractivity contribution in [1.82, 2.24) is 43.6 Å². The van der Waals surface area contributed by atoms with Crippen LogP contribution in [0.15, 0.2) is 55.4 Å². The first-order chi connectivity index (χ1) is 37.3. The van der Waals surface area contributed by atoms with Gasteiger partial charge in [0.25, 0.3) is 0 Å². The molecule has 9 aliphatic rings. The average molecular weight is 1150 g/mol. The summed E-state index contributed by atoms with van der Waals surface area (Å²) in [5, 5.41) is 31.6. The lowest BCUT2D eigenvalue weighted by Gasteiger charge is -2.66. The second-order valence-electron chi connectivity index (χ2n) is 24.3. The third kappa shape index (κ3) is 9.94. The molecule has 0 amide bonds. The normalized spacial score (nSPS) is 28.0. The van der Waals surface area contributed by atoms with Crippen LogP contribution in [0, 0.1) is 17.8 Å². The predicted molar refractivity (Wildman–Crippen MR) is 271 cm³/mol. The summed E-state index contributed by atoms with van der Waals surface area (Å²) in [6.07, 6.45) is -5.18. The van der Waals surface area contributed by atoms with E-state index in [2.05, 4.69) is 29.9 Å². The molecule has 0 spiro atoms. The molecule has 15 rings (SSSR count). The van der Waals surface area contributed by atoms with Crippen LogP contribution in [0.4, 0.5) is 70.1 Å². The number of nitrogen functional groups attached to an aromatic ring is 3. The molecule has 9 saturated carbocycles. The average Bonchev–Trinajstić information content (AvgIpc) is 4.07. The predicted octanol–water partition coefficient (Wildman–Crippen LogP) is 11.5. The third-order valence-corrected chi connectivity index (χ3v) is 16.8. The number of imidazole rings is 3. The van der Waals surface area contributed by atoms with E-state index >= 15 is 0 Å². The van der Waals surface area contributed by atoms with Gasteiger partial charge < -0.3 is 46.2 Å². The van der Waals surface area contributed by atoms with Gasteiger partial charge in [-0.2, -0.15) is 39.5 Å². The molecule has 9 aliphatic carbocycles. The van der Waals surface area contributed by atoms with E-state index < -0.39 is 105 Å². The van der Waals surface area contributed by atoms with Gasteiger partial charge in [-0.05, 0) is 36.0 Å². The van der Waals surface area contributed by atoms with Crippen LogP contribution in [-0.4, -0.2) is 75.9 Å². The van der Waals surface area contributed by atoms with Gasteiger partial charge in [-0.3, -0.25) is 0 Å². The van der Waals surface area contributed by atoms with Gasteiger partial charge >= 0.3 is 18.5 Å². The van der Waals surface area contributed by atoms with Crippen LogP contribution < -0.4 is 17.2 Å². The summed E-state index contributed by atoms with van der Waals surface area (Å²) in [5.41, 5.74) is 9.37. The van der Waals surface area contributed by atoms with E-state index in [1.54, 1.807) is 32.3 Å². The van der Waals surface area contributed by atoms with Crippen molar-refractivity contribution >= 4 is 17.5 Å². The first-order valence-corrected chi connectivity index (χ1v) is 26.2. The molecule has 6 bridgehead atoms. The Hall–Kier alpha value is -6.48. The minimum absolute atomic E-state index is 0.147. The van der Waals surface area contributed by atoms with Gasteiger partial charge in [0, 0.05) is 112 Å². The number of hydrogen-bond acceptors (Lipinski definition) is 12. The summed E-state index contributed by atoms with van der Waals surface area (Å²) in [7, 11) is 0. The summed E-state index contributed by atoms with van der Waals surface area (Å²) in [6, 6.07) is 2.71. The van der Waals surface area contributed by atoms with Gasteiger partial charge in [0.15, 0.2) is 0 Å². The van der Waals surface area contributed by atoms with E-state index in [0.29, 0.717) is 75.3 Å². The van der Waals surface area contributed by atoms with Crippen LogP contribution in [0.25, 0.3) is 33.8 Å². The van der Waals surface area contributed by atoms with Crippen molar-refractivity contribution in [2.45, 2.75) is 170 Å². The summed E-state index contributed by atoms with van der Waals surface area (Å²) in [4.78, 5) is 24.1. The van der Waals surface area contributed by atoms with Gasteiger partial charge in [0.05, 0.1) is 50.4 Å². The largest absolute Gasteiger partial charge is 0.419 e. The minimum Gasteiger partial charge on any atom is -0.385 e. The van der Waals surface area contributed by atoms with Crippen LogP contribution in [0.1, 0.15) is 152 Å². The molecule has 3 atom stereocenters. The first-order valence-electron chi connectivity index (χ1n) is 26.2. The fourth-order valence-electron chi connectivity index (χ4n) is 12.4. The number of aliphatic hydroxyl groups is 3. The smallest absolute Gasteiger partial charge is 0.385 e. The number of aliphatic hydroxyl groups excluding tert-OH is 3. The van der Waals surface area contributed by atoms with Crippen LogP contribution in [0.5, 0.6) is 0 Å². The van der Waals surface area contributed by atoms with Crippen molar-refractivity contribution in [3.8, 4) is 33.8 Å². The fourth-order valence-corrected chi connectivity index (χ4v) is 12.4. The second kappa shape index (κ2) is 18.8. The van der Waals surface area contributed by atoms with Gasteiger partial charge in [0.1, 0.15) is 70.2 Å². The molecule has 9 fully saturated rings. The molecule has 6 aromatic rings. The molecule has 6 heterocycles. The quantitative estimate of drug-likeness (QED) is 0.0629. The van der Waals surface area contributed by atoms with Gasteiger partial charge in [-0.1, -0.05) is 41.5 Å². The molecule has 81 heavy (non-hydrogen) atoms. The van der Waals surface area contributed by atoms with Gasteiger partial charge in [0.2, 0.25) is 0 Å². The molecule has 27 heteroatoms. The molecule has 6 aromatic heterocycles. The molecule has 438 valence electrons. The Morgan fingerprint density at radius 3 is 0.802 bits per heavy atom. The Morgan fingerprint density at radius 1 is 0.420 bits per heavy atom. The Labute approximate surface area is 456 Å². The summed E-state index contributed by atoms with van der Waals surface area (Å²) in [5.74, 6) is -1.25. The summed E-state index contributed by atoms with van der Waals surface area (Å²) >= 11 is 0. The van der Waals surface area contributed by atoms with Crippen molar-refractivity contribution in [2.24, 2.45) is 17.8 Å². The van der Waals surface area contributed by atoms with E-state index in [1.807, 2.05) is 41.5 Å². The van der Waals surface area contributed by atoms with Crippen molar-refractivity contribution < 1.29 is 68.0 Å². The molecular formula is C54H60F12N12O3. The highest BCUT2D eigenvalue weighted by Gasteiger charge is 2.72. The lowest BCUT2D eigenvalue weighted by Crippen LogP contribution is -2.70. The van der Waals surface area contributed by atoms with Crippen molar-refractivity contribution in [3.05, 3.63) is 89.5 Å². The van der Waals surface area contributed by atoms with Crippen LogP contribution >= 0.6 is 0 Å². The molecule has 0 aliphatic heterocycles. The molecule has 0 radical (unpaired) electrons. The zero-order valence-electron chi connectivity index (χ0n) is 44.7. The number of alkyl halides is 12. The third-order valence-electron chi connectivity index (χ3n) is 16.8. The maximum Gasteiger partial charge on any atom is 0.419 e. The van der Waals surface area contributed by atoms with E-state index in [0.717, 1.165) is 18.2 Å². The first kappa shape index (κ1) is 57.7. The Kier molecular flexibility index (Phi) is 13.4. The van der Waals surface area contributed by atoms with Crippen molar-refractivity contribution in [2.75, 3.05) is 17.2 Å². The topological polar surface area (TPSA) is 231 Å². The maximum absolute atomic E-state index is 14.0. The van der Waals surface area contributed by atoms with E-state index in [4.69, 9.17) is 17.2 Å². The lowest BCUT2D eigenvalue weighted by atomic mass is 9.47. The molecule has 0 saturated heterocycles. The Morgan fingerprint density at radius 2 is 0.630 bits per heavy atom. The molecular weight excluding hydrogens is 1090 g/mol. The number of nitrogens with zero attached hydrogens (tertiary/aromatic N) is 9. The van der Waals surface area contributed by atoms with Crippen LogP contribution in [0.2, 0.25) is 0 Å². The summed E-state index contributed by atoms with van der Waals surface area (Å²) in [6.45, 7) is 10.9. The highest BCUT2D eigenvalue weighted by molar-refractivity contribution is 5.65. The van der Waals surface area contributed by atoms with Gasteiger partial charge in [-0.15, -0.1) is 0 Å². The van der Waals surface area contributed by atoms with Crippen molar-refractivity contribution in [3.63, 3.8) is 0 Å². The molecule has 15 nitrogen and oxygen atoms in total. The van der Waals surface area contributed by atoms with Crippen LogP contribution in [-0.2, 0) is 35.1 Å². The minimum atomic E-state index is -4.63. The monoisotopic (exact) mass is 1150 g/mol. The van der Waals surface area contributed by atoms with E-state index in [-0.39, 0.29) is 51.5 Å². The number of nitrogens with two attached hydrogens (primary N) is 3. The highest BCUT2D eigenvalue weighted by atomic mass is 19.4. The standard InChI is InChI=1S/3C18H20F4N4O/c3*1-9(2)13(27)15-25-12(5-26(15)17-6-16(19,7-17)8-17)10-3-11(18(20,21)22)14(23)24-4-10/h3*3-5,9,13,27H,6-8H2,1-2H3,(H2,23,24)/t2*13-,16?,17?;/m10./s1. The number of hydrogen-bond donors (Lipinski definition) is 6. The SMILES string of the molecule is CC(C)C(O)c1nc(-c2cnc(N)c(C(F)(F)F)c2)cn1C12CC(F)(C1)C2.CC(C)[C@@H](O)c1nc(-c2cnc(N)c(C(F)(F)F)c2)cn1C12CC(F)(C1)C2.CC(C)[C@H](O)c1nc(-c2cnc(N)c(C(F)(F)F)c2)cn1C12CC(F)(C1)C2. The lowest BCUT2D eigenvalue weighted by molar-refractivity contribution is -0.201. The van der Waals surface area contributed by atoms with E-state index in [9.17, 15) is 68.0 Å². The Balaban J connectivity index is 0.000000136. The van der Waals surface area contributed by atoms with E-state index in [1.165, 1.54) is 18.6 Å². The number of halogens is 12. The number of aromatic nitrogens is 9. The van der Waals surface area contributed by atoms with Crippen molar-refractivity contribution in [1.29, 1.82) is 0 Å².